The Labute approximate surface area is 130 Å². The van der Waals surface area contributed by atoms with Gasteiger partial charge in [-0.15, -0.1) is 0 Å². The first kappa shape index (κ1) is 14.4. The van der Waals surface area contributed by atoms with Crippen LogP contribution in [0, 0.1) is 6.92 Å². The summed E-state index contributed by atoms with van der Waals surface area (Å²) in [6, 6.07) is 13.7. The zero-order chi connectivity index (χ0) is 15.4. The summed E-state index contributed by atoms with van der Waals surface area (Å²) in [5, 5.41) is 2.96. The van der Waals surface area contributed by atoms with E-state index < -0.39 is 0 Å². The van der Waals surface area contributed by atoms with Crippen molar-refractivity contribution in [3.63, 3.8) is 0 Å². The van der Waals surface area contributed by atoms with Crippen molar-refractivity contribution < 1.29 is 14.3 Å². The number of aryl methyl sites for hydroxylation is 1. The zero-order valence-electron chi connectivity index (χ0n) is 12.6. The molecule has 1 aliphatic heterocycles. The predicted octanol–water partition coefficient (Wildman–Crippen LogP) is 2.74. The second-order valence-electron chi connectivity index (χ2n) is 5.30. The maximum Gasteiger partial charge on any atom is 0.251 e. The van der Waals surface area contributed by atoms with Crippen molar-refractivity contribution in [2.75, 3.05) is 19.8 Å². The molecule has 0 saturated carbocycles. The number of fused-ring (bicyclic) bond motifs is 1. The topological polar surface area (TPSA) is 47.6 Å². The van der Waals surface area contributed by atoms with Crippen LogP contribution in [0.1, 0.15) is 21.5 Å². The number of hydrogen-bond acceptors (Lipinski definition) is 3. The minimum Gasteiger partial charge on any atom is -0.486 e. The van der Waals surface area contributed by atoms with Crippen molar-refractivity contribution in [1.82, 2.24) is 5.32 Å². The Morgan fingerprint density at radius 3 is 2.50 bits per heavy atom. The quantitative estimate of drug-likeness (QED) is 0.944. The average Bonchev–Trinajstić information content (AvgIpc) is 2.55. The van der Waals surface area contributed by atoms with Gasteiger partial charge in [-0.3, -0.25) is 4.79 Å². The van der Waals surface area contributed by atoms with E-state index in [-0.39, 0.29) is 5.91 Å². The van der Waals surface area contributed by atoms with E-state index in [0.717, 1.165) is 12.0 Å². The Morgan fingerprint density at radius 1 is 1.09 bits per heavy atom. The van der Waals surface area contributed by atoms with E-state index in [1.54, 1.807) is 6.07 Å². The molecule has 22 heavy (non-hydrogen) atoms. The van der Waals surface area contributed by atoms with Gasteiger partial charge in [-0.05, 0) is 36.6 Å². The Balaban J connectivity index is 1.65. The van der Waals surface area contributed by atoms with Crippen LogP contribution in [0.15, 0.2) is 42.5 Å². The minimum absolute atomic E-state index is 0.0783. The van der Waals surface area contributed by atoms with E-state index in [1.165, 1.54) is 5.56 Å². The molecular formula is C18H19NO3. The normalized spacial score (nSPS) is 12.8. The van der Waals surface area contributed by atoms with Gasteiger partial charge in [0, 0.05) is 12.1 Å². The monoisotopic (exact) mass is 297 g/mol. The number of carbonyl (C=O) groups is 1. The van der Waals surface area contributed by atoms with Gasteiger partial charge in [-0.1, -0.05) is 30.3 Å². The first-order valence-electron chi connectivity index (χ1n) is 7.46. The molecule has 4 nitrogen and oxygen atoms in total. The van der Waals surface area contributed by atoms with Crippen molar-refractivity contribution >= 4 is 5.91 Å². The van der Waals surface area contributed by atoms with E-state index in [4.69, 9.17) is 9.47 Å². The number of amides is 1. The molecule has 0 aromatic heterocycles. The molecule has 1 amide bonds. The van der Waals surface area contributed by atoms with Crippen LogP contribution in [-0.4, -0.2) is 25.7 Å². The second kappa shape index (κ2) is 6.52. The Kier molecular flexibility index (Phi) is 4.28. The Bertz CT molecular complexity index is 668. The molecule has 114 valence electrons. The maximum atomic E-state index is 12.3. The number of rotatable bonds is 4. The van der Waals surface area contributed by atoms with Gasteiger partial charge < -0.3 is 14.8 Å². The molecule has 0 atom stereocenters. The second-order valence-corrected chi connectivity index (χ2v) is 5.30. The lowest BCUT2D eigenvalue weighted by molar-refractivity contribution is 0.0952. The van der Waals surface area contributed by atoms with Gasteiger partial charge in [0.05, 0.1) is 0 Å². The van der Waals surface area contributed by atoms with E-state index in [2.05, 4.69) is 17.4 Å². The van der Waals surface area contributed by atoms with Gasteiger partial charge >= 0.3 is 0 Å². The molecule has 4 heteroatoms. The van der Waals surface area contributed by atoms with E-state index in [1.807, 2.05) is 31.2 Å². The molecule has 3 rings (SSSR count). The molecule has 2 aromatic rings. The fourth-order valence-electron chi connectivity index (χ4n) is 2.50. The van der Waals surface area contributed by atoms with Crippen molar-refractivity contribution in [2.24, 2.45) is 0 Å². The summed E-state index contributed by atoms with van der Waals surface area (Å²) in [4.78, 5) is 12.3. The van der Waals surface area contributed by atoms with Crippen molar-refractivity contribution in [3.8, 4) is 11.5 Å². The Morgan fingerprint density at radius 2 is 1.77 bits per heavy atom. The van der Waals surface area contributed by atoms with Gasteiger partial charge in [0.25, 0.3) is 5.91 Å². The van der Waals surface area contributed by atoms with E-state index >= 15 is 0 Å². The molecule has 0 bridgehead atoms. The number of ether oxygens (including phenoxy) is 2. The highest BCUT2D eigenvalue weighted by Gasteiger charge is 2.17. The molecule has 0 saturated heterocycles. The summed E-state index contributed by atoms with van der Waals surface area (Å²) < 4.78 is 11.1. The van der Waals surface area contributed by atoms with E-state index in [0.29, 0.717) is 36.8 Å². The van der Waals surface area contributed by atoms with Gasteiger partial charge in [0.15, 0.2) is 11.5 Å². The van der Waals surface area contributed by atoms with Crippen LogP contribution in [-0.2, 0) is 6.42 Å². The lowest BCUT2D eigenvalue weighted by atomic mass is 10.1. The molecular weight excluding hydrogens is 278 g/mol. The van der Waals surface area contributed by atoms with Crippen LogP contribution in [0.25, 0.3) is 0 Å². The average molecular weight is 297 g/mol. The molecule has 0 aliphatic carbocycles. The van der Waals surface area contributed by atoms with Crippen LogP contribution in [0.2, 0.25) is 0 Å². The van der Waals surface area contributed by atoms with Gasteiger partial charge in [0.2, 0.25) is 0 Å². The molecule has 0 spiro atoms. The smallest absolute Gasteiger partial charge is 0.251 e. The van der Waals surface area contributed by atoms with Crippen molar-refractivity contribution in [2.45, 2.75) is 13.3 Å². The van der Waals surface area contributed by atoms with Crippen LogP contribution < -0.4 is 14.8 Å². The molecule has 0 radical (unpaired) electrons. The summed E-state index contributed by atoms with van der Waals surface area (Å²) in [7, 11) is 0. The van der Waals surface area contributed by atoms with Gasteiger partial charge in [-0.25, -0.2) is 0 Å². The van der Waals surface area contributed by atoms with Crippen LogP contribution >= 0.6 is 0 Å². The predicted molar refractivity (Wildman–Crippen MR) is 84.6 cm³/mol. The summed E-state index contributed by atoms with van der Waals surface area (Å²) in [5.74, 6) is 1.28. The van der Waals surface area contributed by atoms with Crippen LogP contribution in [0.5, 0.6) is 11.5 Å². The van der Waals surface area contributed by atoms with Crippen molar-refractivity contribution in [1.29, 1.82) is 0 Å². The number of nitrogens with one attached hydrogen (secondary N) is 1. The minimum atomic E-state index is -0.0783. The number of hydrogen-bond donors (Lipinski definition) is 1. The molecule has 1 heterocycles. The lowest BCUT2D eigenvalue weighted by Crippen LogP contribution is -2.27. The molecule has 0 unspecified atom stereocenters. The molecule has 0 fully saturated rings. The molecule has 1 N–H and O–H groups in total. The van der Waals surface area contributed by atoms with Gasteiger partial charge in [0.1, 0.15) is 13.2 Å². The summed E-state index contributed by atoms with van der Waals surface area (Å²) in [6.07, 6.45) is 0.816. The highest BCUT2D eigenvalue weighted by Crippen LogP contribution is 2.32. The van der Waals surface area contributed by atoms with Gasteiger partial charge in [-0.2, -0.15) is 0 Å². The summed E-state index contributed by atoms with van der Waals surface area (Å²) in [6.45, 7) is 3.58. The SMILES string of the molecule is Cc1cc2c(cc1C(=O)NCCc1ccccc1)OCCO2. The van der Waals surface area contributed by atoms with Crippen LogP contribution in [0.3, 0.4) is 0 Å². The first-order valence-corrected chi connectivity index (χ1v) is 7.46. The highest BCUT2D eigenvalue weighted by molar-refractivity contribution is 5.96. The lowest BCUT2D eigenvalue weighted by Gasteiger charge is -2.20. The summed E-state index contributed by atoms with van der Waals surface area (Å²) >= 11 is 0. The maximum absolute atomic E-state index is 12.3. The fraction of sp³-hybridized carbons (Fsp3) is 0.278. The summed E-state index contributed by atoms with van der Waals surface area (Å²) in [5.41, 5.74) is 2.74. The standard InChI is InChI=1S/C18H19NO3/c1-13-11-16-17(22-10-9-21-16)12-15(13)18(20)19-8-7-14-5-3-2-4-6-14/h2-6,11-12H,7-10H2,1H3,(H,19,20). The number of carbonyl (C=O) groups excluding carboxylic acids is 1. The highest BCUT2D eigenvalue weighted by atomic mass is 16.6. The van der Waals surface area contributed by atoms with Crippen molar-refractivity contribution in [3.05, 3.63) is 59.2 Å². The Hall–Kier alpha value is -2.49. The fourth-order valence-corrected chi connectivity index (χ4v) is 2.50. The third-order valence-corrected chi connectivity index (χ3v) is 3.68. The molecule has 2 aromatic carbocycles. The number of benzene rings is 2. The first-order chi connectivity index (χ1) is 10.7. The molecule has 1 aliphatic rings. The zero-order valence-corrected chi connectivity index (χ0v) is 12.6. The third kappa shape index (κ3) is 3.22. The third-order valence-electron chi connectivity index (χ3n) is 3.68. The van der Waals surface area contributed by atoms with Crippen LogP contribution in [0.4, 0.5) is 0 Å². The van der Waals surface area contributed by atoms with E-state index in [9.17, 15) is 4.79 Å². The largest absolute Gasteiger partial charge is 0.486 e.